The van der Waals surface area contributed by atoms with Gasteiger partial charge in [0.05, 0.1) is 0 Å². The van der Waals surface area contributed by atoms with Crippen molar-refractivity contribution in [3.05, 3.63) is 12.3 Å². The van der Waals surface area contributed by atoms with Crippen LogP contribution in [0, 0.1) is 0 Å². The predicted octanol–water partition coefficient (Wildman–Crippen LogP) is 2.37. The van der Waals surface area contributed by atoms with Gasteiger partial charge in [-0.1, -0.05) is 13.8 Å². The maximum atomic E-state index is 13.9. The standard InChI is InChI=1S/C10H16F2N2/c1-3-9-13-6-5-8(14-9)10(12,4-2)7-11/h5-6,8H,3-4,7H2,1-2H3,(H,13,14). The van der Waals surface area contributed by atoms with Crippen molar-refractivity contribution in [2.45, 2.75) is 38.4 Å². The van der Waals surface area contributed by atoms with E-state index in [1.165, 1.54) is 0 Å². The Balaban J connectivity index is 2.81. The molecule has 1 N–H and O–H groups in total. The Bertz CT molecular complexity index is 245. The van der Waals surface area contributed by atoms with Crippen LogP contribution in [0.5, 0.6) is 0 Å². The third-order valence-electron chi connectivity index (χ3n) is 2.50. The molecule has 1 heterocycles. The van der Waals surface area contributed by atoms with E-state index in [0.717, 1.165) is 0 Å². The minimum Gasteiger partial charge on any atom is -0.351 e. The van der Waals surface area contributed by atoms with Gasteiger partial charge in [-0.05, 0) is 12.5 Å². The van der Waals surface area contributed by atoms with Gasteiger partial charge in [-0.3, -0.25) is 4.99 Å². The molecule has 1 rings (SSSR count). The molecule has 2 nitrogen and oxygen atoms in total. The first-order valence-corrected chi connectivity index (χ1v) is 4.91. The molecule has 0 saturated heterocycles. The number of nitrogens with zero attached hydrogens (tertiary/aromatic N) is 1. The van der Waals surface area contributed by atoms with Crippen LogP contribution in [0.2, 0.25) is 0 Å². The number of halogens is 2. The quantitative estimate of drug-likeness (QED) is 0.743. The predicted molar refractivity (Wildman–Crippen MR) is 53.9 cm³/mol. The van der Waals surface area contributed by atoms with Crippen molar-refractivity contribution in [3.63, 3.8) is 0 Å². The summed E-state index contributed by atoms with van der Waals surface area (Å²) in [5.41, 5.74) is -1.85. The average Bonchev–Trinajstić information content (AvgIpc) is 2.28. The highest BCUT2D eigenvalue weighted by atomic mass is 19.2. The summed E-state index contributed by atoms with van der Waals surface area (Å²) in [7, 11) is 0. The minimum absolute atomic E-state index is 0.138. The van der Waals surface area contributed by atoms with Gasteiger partial charge in [-0.15, -0.1) is 0 Å². The summed E-state index contributed by atoms with van der Waals surface area (Å²) >= 11 is 0. The number of alkyl halides is 2. The van der Waals surface area contributed by atoms with E-state index in [9.17, 15) is 8.78 Å². The highest BCUT2D eigenvalue weighted by Gasteiger charge is 2.37. The summed E-state index contributed by atoms with van der Waals surface area (Å²) < 4.78 is 26.4. The highest BCUT2D eigenvalue weighted by Crippen LogP contribution is 2.26. The summed E-state index contributed by atoms with van der Waals surface area (Å²) in [4.78, 5) is 4.12. The van der Waals surface area contributed by atoms with Crippen LogP contribution in [-0.2, 0) is 0 Å². The molecular formula is C10H16F2N2. The van der Waals surface area contributed by atoms with Gasteiger partial charge in [-0.2, -0.15) is 0 Å². The molecule has 0 radical (unpaired) electrons. The molecule has 4 heteroatoms. The van der Waals surface area contributed by atoms with Gasteiger partial charge in [0.15, 0.2) is 5.67 Å². The number of hydrogen-bond acceptors (Lipinski definition) is 2. The van der Waals surface area contributed by atoms with Gasteiger partial charge in [0.25, 0.3) is 0 Å². The van der Waals surface area contributed by atoms with Crippen LogP contribution in [0.15, 0.2) is 17.3 Å². The zero-order valence-electron chi connectivity index (χ0n) is 8.56. The first-order chi connectivity index (χ1) is 6.66. The molecule has 80 valence electrons. The van der Waals surface area contributed by atoms with E-state index in [-0.39, 0.29) is 6.42 Å². The summed E-state index contributed by atoms with van der Waals surface area (Å²) in [6, 6.07) is -0.686. The summed E-state index contributed by atoms with van der Waals surface area (Å²) in [6.45, 7) is 2.57. The molecule has 0 aliphatic carbocycles. The molecule has 2 unspecified atom stereocenters. The lowest BCUT2D eigenvalue weighted by Gasteiger charge is -2.28. The van der Waals surface area contributed by atoms with Gasteiger partial charge >= 0.3 is 0 Å². The fourth-order valence-electron chi connectivity index (χ4n) is 1.35. The summed E-state index contributed by atoms with van der Waals surface area (Å²) in [5.74, 6) is 0.710. The van der Waals surface area contributed by atoms with E-state index in [2.05, 4.69) is 10.3 Å². The Morgan fingerprint density at radius 1 is 1.57 bits per heavy atom. The van der Waals surface area contributed by atoms with Gasteiger partial charge in [-0.25, -0.2) is 8.78 Å². The van der Waals surface area contributed by atoms with E-state index in [0.29, 0.717) is 12.3 Å². The number of rotatable bonds is 4. The first kappa shape index (κ1) is 11.1. The molecular weight excluding hydrogens is 186 g/mol. The van der Waals surface area contributed by atoms with E-state index < -0.39 is 18.4 Å². The van der Waals surface area contributed by atoms with Crippen LogP contribution in [0.4, 0.5) is 8.78 Å². The number of amidine groups is 1. The Hall–Kier alpha value is -0.930. The molecule has 1 aliphatic heterocycles. The normalized spacial score (nSPS) is 25.1. The third-order valence-corrected chi connectivity index (χ3v) is 2.50. The van der Waals surface area contributed by atoms with Gasteiger partial charge in [0.1, 0.15) is 18.6 Å². The smallest absolute Gasteiger partial charge is 0.164 e. The molecule has 0 amide bonds. The fraction of sp³-hybridized carbons (Fsp3) is 0.700. The zero-order chi connectivity index (χ0) is 10.6. The number of aliphatic imine (C=N–C) groups is 1. The van der Waals surface area contributed by atoms with Crippen LogP contribution in [-0.4, -0.2) is 24.2 Å². The van der Waals surface area contributed by atoms with Crippen molar-refractivity contribution in [1.29, 1.82) is 0 Å². The molecule has 0 aromatic carbocycles. The lowest BCUT2D eigenvalue weighted by Crippen LogP contribution is -2.40. The second-order valence-corrected chi connectivity index (χ2v) is 3.40. The zero-order valence-corrected chi connectivity index (χ0v) is 8.56. The maximum Gasteiger partial charge on any atom is 0.164 e. The summed E-state index contributed by atoms with van der Waals surface area (Å²) in [6.07, 6.45) is 4.05. The minimum atomic E-state index is -1.85. The molecule has 14 heavy (non-hydrogen) atoms. The molecule has 0 saturated carbocycles. The highest BCUT2D eigenvalue weighted by molar-refractivity contribution is 5.83. The lowest BCUT2D eigenvalue weighted by atomic mass is 9.94. The van der Waals surface area contributed by atoms with Crippen molar-refractivity contribution in [2.24, 2.45) is 4.99 Å². The van der Waals surface area contributed by atoms with Crippen LogP contribution >= 0.6 is 0 Å². The van der Waals surface area contributed by atoms with Crippen LogP contribution < -0.4 is 5.32 Å². The van der Waals surface area contributed by atoms with E-state index >= 15 is 0 Å². The third kappa shape index (κ3) is 2.11. The van der Waals surface area contributed by atoms with Crippen LogP contribution in [0.25, 0.3) is 0 Å². The first-order valence-electron chi connectivity index (χ1n) is 4.91. The van der Waals surface area contributed by atoms with Crippen molar-refractivity contribution in [2.75, 3.05) is 6.67 Å². The molecule has 0 bridgehead atoms. The van der Waals surface area contributed by atoms with Gasteiger partial charge in [0, 0.05) is 12.6 Å². The largest absolute Gasteiger partial charge is 0.351 e. The number of hydrogen-bond donors (Lipinski definition) is 1. The molecule has 1 aliphatic rings. The summed E-state index contributed by atoms with van der Waals surface area (Å²) in [5, 5.41) is 2.90. The molecule has 0 fully saturated rings. The Morgan fingerprint density at radius 3 is 2.79 bits per heavy atom. The topological polar surface area (TPSA) is 24.4 Å². The Labute approximate surface area is 83.1 Å². The fourth-order valence-corrected chi connectivity index (χ4v) is 1.35. The van der Waals surface area contributed by atoms with Crippen molar-refractivity contribution < 1.29 is 8.78 Å². The molecule has 0 spiro atoms. The second kappa shape index (κ2) is 4.53. The second-order valence-electron chi connectivity index (χ2n) is 3.40. The van der Waals surface area contributed by atoms with Crippen LogP contribution in [0.1, 0.15) is 26.7 Å². The maximum absolute atomic E-state index is 13.9. The van der Waals surface area contributed by atoms with Crippen molar-refractivity contribution >= 4 is 5.84 Å². The van der Waals surface area contributed by atoms with E-state index in [1.807, 2.05) is 6.92 Å². The van der Waals surface area contributed by atoms with Crippen molar-refractivity contribution in [3.8, 4) is 0 Å². The van der Waals surface area contributed by atoms with Gasteiger partial charge in [0.2, 0.25) is 0 Å². The molecule has 0 aromatic heterocycles. The Kier molecular flexibility index (Phi) is 3.61. The van der Waals surface area contributed by atoms with Gasteiger partial charge < -0.3 is 5.32 Å². The SMILES string of the molecule is CCC1=NC(C(F)(CC)CF)C=CN1. The average molecular weight is 202 g/mol. The van der Waals surface area contributed by atoms with Crippen molar-refractivity contribution in [1.82, 2.24) is 5.32 Å². The number of nitrogens with one attached hydrogen (secondary N) is 1. The van der Waals surface area contributed by atoms with E-state index in [1.54, 1.807) is 19.2 Å². The Morgan fingerprint density at radius 2 is 2.29 bits per heavy atom. The molecule has 0 aromatic rings. The van der Waals surface area contributed by atoms with E-state index in [4.69, 9.17) is 0 Å². The molecule has 2 atom stereocenters. The van der Waals surface area contributed by atoms with Crippen LogP contribution in [0.3, 0.4) is 0 Å². The lowest BCUT2D eigenvalue weighted by molar-refractivity contribution is 0.0999. The monoisotopic (exact) mass is 202 g/mol.